The third-order valence-corrected chi connectivity index (χ3v) is 7.33. The van der Waals surface area contributed by atoms with Crippen LogP contribution in [-0.2, 0) is 21.2 Å². The summed E-state index contributed by atoms with van der Waals surface area (Å²) in [5.74, 6) is 0.215. The van der Waals surface area contributed by atoms with Gasteiger partial charge in [-0.25, -0.2) is 8.42 Å². The lowest BCUT2D eigenvalue weighted by Crippen LogP contribution is -2.42. The van der Waals surface area contributed by atoms with E-state index in [1.165, 1.54) is 15.6 Å². The number of carbonyl (C=O) groups excluding carboxylic acids is 1. The molecule has 1 atom stereocenters. The fourth-order valence-corrected chi connectivity index (χ4v) is 5.34. The van der Waals surface area contributed by atoms with Crippen molar-refractivity contribution in [2.75, 3.05) is 19.6 Å². The lowest BCUT2D eigenvalue weighted by atomic mass is 10.0. The van der Waals surface area contributed by atoms with Crippen molar-refractivity contribution in [1.82, 2.24) is 9.62 Å². The van der Waals surface area contributed by atoms with Gasteiger partial charge in [0.25, 0.3) is 10.0 Å². The second-order valence-corrected chi connectivity index (χ2v) is 9.42. The predicted molar refractivity (Wildman–Crippen MR) is 98.6 cm³/mol. The minimum absolute atomic E-state index is 0.156. The number of hydrogen-bond acceptors (Lipinski definition) is 5. The second kappa shape index (κ2) is 9.50. The van der Waals surface area contributed by atoms with Crippen molar-refractivity contribution in [3.63, 3.8) is 0 Å². The lowest BCUT2D eigenvalue weighted by Gasteiger charge is -2.16. The van der Waals surface area contributed by atoms with E-state index < -0.39 is 16.1 Å². The van der Waals surface area contributed by atoms with Gasteiger partial charge in [0.05, 0.1) is 6.04 Å². The molecule has 1 aromatic rings. The molecule has 0 saturated carbocycles. The van der Waals surface area contributed by atoms with E-state index in [0.29, 0.717) is 42.6 Å². The van der Waals surface area contributed by atoms with Crippen molar-refractivity contribution in [2.24, 2.45) is 11.7 Å². The lowest BCUT2D eigenvalue weighted by molar-refractivity contribution is -0.122. The monoisotopic (exact) mass is 375 g/mol. The van der Waals surface area contributed by atoms with E-state index in [9.17, 15) is 13.2 Å². The van der Waals surface area contributed by atoms with Crippen LogP contribution in [0.15, 0.2) is 16.3 Å². The molecule has 138 valence electrons. The molecule has 0 aromatic carbocycles. The highest BCUT2D eigenvalue weighted by molar-refractivity contribution is 7.91. The van der Waals surface area contributed by atoms with E-state index in [0.717, 1.165) is 4.88 Å². The Bertz CT molecular complexity index is 622. The summed E-state index contributed by atoms with van der Waals surface area (Å²) in [5, 5.41) is 2.81. The third kappa shape index (κ3) is 5.84. The molecule has 0 radical (unpaired) electrons. The van der Waals surface area contributed by atoms with Gasteiger partial charge in [0, 0.05) is 24.5 Å². The van der Waals surface area contributed by atoms with Crippen LogP contribution in [0.3, 0.4) is 0 Å². The molecule has 0 unspecified atom stereocenters. The molecule has 1 heterocycles. The quantitative estimate of drug-likeness (QED) is 0.652. The highest BCUT2D eigenvalue weighted by atomic mass is 32.2. The number of carbonyl (C=O) groups is 1. The number of hydrogen-bond donors (Lipinski definition) is 2. The number of nitrogens with two attached hydrogens (primary N) is 1. The van der Waals surface area contributed by atoms with E-state index in [1.807, 2.05) is 27.7 Å². The largest absolute Gasteiger partial charge is 0.354 e. The summed E-state index contributed by atoms with van der Waals surface area (Å²) in [6.07, 6.45) is 1.25. The van der Waals surface area contributed by atoms with Gasteiger partial charge in [-0.3, -0.25) is 4.79 Å². The molecule has 0 saturated heterocycles. The molecule has 0 aliphatic heterocycles. The van der Waals surface area contributed by atoms with Crippen LogP contribution in [0, 0.1) is 5.92 Å². The summed E-state index contributed by atoms with van der Waals surface area (Å²) >= 11 is 1.26. The van der Waals surface area contributed by atoms with E-state index in [1.54, 1.807) is 12.1 Å². The first-order chi connectivity index (χ1) is 11.2. The fraction of sp³-hybridized carbons (Fsp3) is 0.688. The van der Waals surface area contributed by atoms with Crippen molar-refractivity contribution in [2.45, 2.75) is 50.8 Å². The fourth-order valence-electron chi connectivity index (χ4n) is 2.38. The highest BCUT2D eigenvalue weighted by Crippen LogP contribution is 2.25. The summed E-state index contributed by atoms with van der Waals surface area (Å²) in [6.45, 7) is 9.06. The summed E-state index contributed by atoms with van der Waals surface area (Å²) in [6, 6.07) is 2.95. The van der Waals surface area contributed by atoms with Crippen LogP contribution in [0.1, 0.15) is 39.0 Å². The number of amides is 1. The number of rotatable bonds is 10. The number of nitrogens with one attached hydrogen (secondary N) is 1. The molecule has 3 N–H and O–H groups in total. The molecule has 0 bridgehead atoms. The highest BCUT2D eigenvalue weighted by Gasteiger charge is 2.23. The Morgan fingerprint density at radius 3 is 2.46 bits per heavy atom. The van der Waals surface area contributed by atoms with Crippen LogP contribution >= 0.6 is 11.3 Å². The Balaban J connectivity index is 2.58. The van der Waals surface area contributed by atoms with Gasteiger partial charge >= 0.3 is 0 Å². The molecule has 1 rings (SSSR count). The normalized spacial score (nSPS) is 13.5. The topological polar surface area (TPSA) is 92.5 Å². The summed E-state index contributed by atoms with van der Waals surface area (Å²) in [5.41, 5.74) is 5.83. The molecule has 1 aromatic heterocycles. The zero-order chi connectivity index (χ0) is 18.3. The van der Waals surface area contributed by atoms with Crippen LogP contribution in [0.2, 0.25) is 0 Å². The molecule has 1 amide bonds. The molecule has 24 heavy (non-hydrogen) atoms. The Labute approximate surface area is 149 Å². The SMILES string of the molecule is CCN(CC)S(=O)(=O)c1ccc(CCNC(=O)[C@@H](N)CC(C)C)s1. The standard InChI is InChI=1S/C16H29N3O3S2/c1-5-19(6-2)24(21,22)15-8-7-13(23-15)9-10-18-16(20)14(17)11-12(3)4/h7-8,12,14H,5-6,9-11,17H2,1-4H3,(H,18,20)/t14-/m0/s1. The van der Waals surface area contributed by atoms with Crippen molar-refractivity contribution >= 4 is 27.3 Å². The van der Waals surface area contributed by atoms with Gasteiger partial charge in [0.2, 0.25) is 5.91 Å². The zero-order valence-corrected chi connectivity index (χ0v) is 16.5. The molecule has 0 aliphatic carbocycles. The van der Waals surface area contributed by atoms with E-state index in [-0.39, 0.29) is 5.91 Å². The Morgan fingerprint density at radius 2 is 1.92 bits per heavy atom. The zero-order valence-electron chi connectivity index (χ0n) is 14.9. The van der Waals surface area contributed by atoms with Gasteiger partial charge in [-0.15, -0.1) is 11.3 Å². The van der Waals surface area contributed by atoms with Gasteiger partial charge in [0.15, 0.2) is 0 Å². The van der Waals surface area contributed by atoms with Crippen molar-refractivity contribution in [1.29, 1.82) is 0 Å². The minimum Gasteiger partial charge on any atom is -0.354 e. The Hall–Kier alpha value is -0.960. The van der Waals surface area contributed by atoms with E-state index >= 15 is 0 Å². The van der Waals surface area contributed by atoms with Crippen molar-refractivity contribution < 1.29 is 13.2 Å². The molecular weight excluding hydrogens is 346 g/mol. The van der Waals surface area contributed by atoms with E-state index in [4.69, 9.17) is 5.73 Å². The van der Waals surface area contributed by atoms with Crippen molar-refractivity contribution in [3.8, 4) is 0 Å². The van der Waals surface area contributed by atoms with Gasteiger partial charge < -0.3 is 11.1 Å². The summed E-state index contributed by atoms with van der Waals surface area (Å²) in [7, 11) is -3.40. The van der Waals surface area contributed by atoms with Crippen LogP contribution in [0.25, 0.3) is 0 Å². The molecule has 6 nitrogen and oxygen atoms in total. The average Bonchev–Trinajstić information content (AvgIpc) is 2.97. The molecule has 0 fully saturated rings. The maximum Gasteiger partial charge on any atom is 0.252 e. The Morgan fingerprint density at radius 1 is 1.29 bits per heavy atom. The van der Waals surface area contributed by atoms with Crippen LogP contribution < -0.4 is 11.1 Å². The maximum atomic E-state index is 12.4. The first-order valence-electron chi connectivity index (χ1n) is 8.34. The molecule has 8 heteroatoms. The van der Waals surface area contributed by atoms with Crippen LogP contribution in [0.5, 0.6) is 0 Å². The average molecular weight is 376 g/mol. The Kier molecular flexibility index (Phi) is 8.35. The second-order valence-electron chi connectivity index (χ2n) is 6.09. The molecule has 0 spiro atoms. The number of nitrogens with zero attached hydrogens (tertiary/aromatic N) is 1. The third-order valence-electron chi connectivity index (χ3n) is 3.67. The predicted octanol–water partition coefficient (Wildman–Crippen LogP) is 1.81. The summed E-state index contributed by atoms with van der Waals surface area (Å²) in [4.78, 5) is 12.8. The van der Waals surface area contributed by atoms with E-state index in [2.05, 4.69) is 5.32 Å². The number of sulfonamides is 1. The van der Waals surface area contributed by atoms with Crippen LogP contribution in [-0.4, -0.2) is 44.3 Å². The first-order valence-corrected chi connectivity index (χ1v) is 10.6. The molecule has 0 aliphatic rings. The smallest absolute Gasteiger partial charge is 0.252 e. The maximum absolute atomic E-state index is 12.4. The minimum atomic E-state index is -3.40. The molecular formula is C16H29N3O3S2. The van der Waals surface area contributed by atoms with Gasteiger partial charge in [-0.05, 0) is 30.9 Å². The number of thiophene rings is 1. The van der Waals surface area contributed by atoms with Gasteiger partial charge in [0.1, 0.15) is 4.21 Å². The van der Waals surface area contributed by atoms with Gasteiger partial charge in [-0.2, -0.15) is 4.31 Å². The first kappa shape index (κ1) is 21.1. The van der Waals surface area contributed by atoms with Crippen LogP contribution in [0.4, 0.5) is 0 Å². The van der Waals surface area contributed by atoms with Crippen molar-refractivity contribution in [3.05, 3.63) is 17.0 Å². The van der Waals surface area contributed by atoms with Gasteiger partial charge in [-0.1, -0.05) is 27.7 Å². The summed E-state index contributed by atoms with van der Waals surface area (Å²) < 4.78 is 26.7.